The van der Waals surface area contributed by atoms with Crippen LogP contribution in [0.15, 0.2) is 21.5 Å². The van der Waals surface area contributed by atoms with Crippen molar-refractivity contribution in [2.45, 2.75) is 52.1 Å². The molecule has 1 aliphatic heterocycles. The Hall–Kier alpha value is -1.95. The highest BCUT2D eigenvalue weighted by atomic mass is 16.3. The predicted molar refractivity (Wildman–Crippen MR) is 89.8 cm³/mol. The van der Waals surface area contributed by atoms with Gasteiger partial charge in [-0.3, -0.25) is 9.69 Å². The Labute approximate surface area is 141 Å². The number of rotatable bonds is 4. The lowest BCUT2D eigenvalue weighted by molar-refractivity contribution is 0.162. The highest BCUT2D eigenvalue weighted by molar-refractivity contribution is 5.22. The number of likely N-dealkylation sites (tertiary alicyclic amines) is 1. The minimum atomic E-state index is 0.0659. The Kier molecular flexibility index (Phi) is 4.22. The first kappa shape index (κ1) is 15.6. The Morgan fingerprint density at radius 1 is 1.29 bits per heavy atom. The summed E-state index contributed by atoms with van der Waals surface area (Å²) in [5, 5.41) is 4.60. The van der Waals surface area contributed by atoms with Crippen molar-refractivity contribution in [3.8, 4) is 0 Å². The summed E-state index contributed by atoms with van der Waals surface area (Å²) in [6.45, 7) is 5.55. The van der Waals surface area contributed by atoms with Gasteiger partial charge in [-0.2, -0.15) is 5.10 Å². The molecule has 0 radical (unpaired) electrons. The summed E-state index contributed by atoms with van der Waals surface area (Å²) in [6.07, 6.45) is 7.11. The molecule has 0 spiro atoms. The van der Waals surface area contributed by atoms with Crippen LogP contribution in [-0.2, 0) is 25.9 Å². The molecule has 2 aromatic heterocycles. The van der Waals surface area contributed by atoms with Gasteiger partial charge >= 0.3 is 0 Å². The second-order valence-corrected chi connectivity index (χ2v) is 7.07. The van der Waals surface area contributed by atoms with Gasteiger partial charge in [-0.1, -0.05) is 0 Å². The van der Waals surface area contributed by atoms with E-state index in [1.807, 2.05) is 6.92 Å². The maximum atomic E-state index is 12.2. The highest BCUT2D eigenvalue weighted by Gasteiger charge is 2.22. The van der Waals surface area contributed by atoms with E-state index in [0.717, 1.165) is 81.1 Å². The summed E-state index contributed by atoms with van der Waals surface area (Å²) >= 11 is 0. The molecule has 1 saturated heterocycles. The van der Waals surface area contributed by atoms with Crippen LogP contribution in [0, 0.1) is 12.8 Å². The molecule has 0 amide bonds. The van der Waals surface area contributed by atoms with Crippen LogP contribution >= 0.6 is 0 Å². The molecule has 0 bridgehead atoms. The lowest BCUT2D eigenvalue weighted by Crippen LogP contribution is -2.36. The molecular weight excluding hydrogens is 304 g/mol. The van der Waals surface area contributed by atoms with Crippen molar-refractivity contribution < 1.29 is 4.42 Å². The maximum Gasteiger partial charge on any atom is 0.267 e. The van der Waals surface area contributed by atoms with E-state index in [2.05, 4.69) is 15.0 Å². The summed E-state index contributed by atoms with van der Waals surface area (Å²) in [5.74, 6) is 1.26. The lowest BCUT2D eigenvalue weighted by atomic mass is 9.96. The molecule has 6 heteroatoms. The minimum absolute atomic E-state index is 0.0659. The Balaban J connectivity index is 1.34. The molecule has 0 aromatic carbocycles. The van der Waals surface area contributed by atoms with Crippen LogP contribution in [0.1, 0.15) is 42.1 Å². The fourth-order valence-corrected chi connectivity index (χ4v) is 3.85. The van der Waals surface area contributed by atoms with E-state index in [-0.39, 0.29) is 5.56 Å². The van der Waals surface area contributed by atoms with E-state index in [1.54, 1.807) is 17.0 Å². The normalized spacial score (nSPS) is 18.9. The number of nitrogens with zero attached hydrogens (tertiary/aromatic N) is 4. The summed E-state index contributed by atoms with van der Waals surface area (Å²) in [5.41, 5.74) is 3.36. The average molecular weight is 328 g/mol. The zero-order chi connectivity index (χ0) is 16.5. The second kappa shape index (κ2) is 6.51. The first-order valence-corrected chi connectivity index (χ1v) is 8.90. The van der Waals surface area contributed by atoms with Crippen LogP contribution in [0.2, 0.25) is 0 Å². The van der Waals surface area contributed by atoms with Crippen molar-refractivity contribution in [3.05, 3.63) is 45.5 Å². The van der Waals surface area contributed by atoms with Gasteiger partial charge in [0, 0.05) is 26.1 Å². The number of aromatic nitrogens is 3. The van der Waals surface area contributed by atoms with Crippen molar-refractivity contribution in [1.82, 2.24) is 19.7 Å². The zero-order valence-electron chi connectivity index (χ0n) is 14.2. The molecule has 0 N–H and O–H groups in total. The SMILES string of the molecule is Cc1nc(CN2CCC(Cn3nc4c(cc3=O)CCC4)CC2)co1. The second-order valence-electron chi connectivity index (χ2n) is 7.07. The Bertz CT molecular complexity index is 772. The van der Waals surface area contributed by atoms with Gasteiger partial charge in [0.2, 0.25) is 0 Å². The van der Waals surface area contributed by atoms with E-state index >= 15 is 0 Å². The third-order valence-electron chi connectivity index (χ3n) is 5.21. The van der Waals surface area contributed by atoms with Gasteiger partial charge in [-0.25, -0.2) is 9.67 Å². The average Bonchev–Trinajstić information content (AvgIpc) is 3.18. The summed E-state index contributed by atoms with van der Waals surface area (Å²) in [7, 11) is 0. The number of piperidine rings is 1. The highest BCUT2D eigenvalue weighted by Crippen LogP contribution is 2.21. The molecule has 0 saturated carbocycles. The van der Waals surface area contributed by atoms with Gasteiger partial charge in [-0.05, 0) is 56.7 Å². The van der Waals surface area contributed by atoms with Gasteiger partial charge in [-0.15, -0.1) is 0 Å². The quantitative estimate of drug-likeness (QED) is 0.858. The van der Waals surface area contributed by atoms with E-state index in [1.165, 1.54) is 0 Å². The zero-order valence-corrected chi connectivity index (χ0v) is 14.2. The van der Waals surface area contributed by atoms with Gasteiger partial charge in [0.1, 0.15) is 6.26 Å². The van der Waals surface area contributed by atoms with Crippen LogP contribution in [0.5, 0.6) is 0 Å². The fraction of sp³-hybridized carbons (Fsp3) is 0.611. The molecule has 1 fully saturated rings. The molecule has 4 rings (SSSR count). The summed E-state index contributed by atoms with van der Waals surface area (Å²) < 4.78 is 6.97. The molecule has 2 aliphatic rings. The Morgan fingerprint density at radius 3 is 2.88 bits per heavy atom. The molecule has 1 aliphatic carbocycles. The predicted octanol–water partition coefficient (Wildman–Crippen LogP) is 1.94. The van der Waals surface area contributed by atoms with Crippen molar-refractivity contribution in [2.24, 2.45) is 5.92 Å². The monoisotopic (exact) mass is 328 g/mol. The van der Waals surface area contributed by atoms with Crippen molar-refractivity contribution >= 4 is 0 Å². The molecule has 0 unspecified atom stereocenters. The topological polar surface area (TPSA) is 64.2 Å². The van der Waals surface area contributed by atoms with Crippen molar-refractivity contribution in [2.75, 3.05) is 13.1 Å². The van der Waals surface area contributed by atoms with E-state index in [4.69, 9.17) is 4.42 Å². The number of fused-ring (bicyclic) bond motifs is 1. The number of hydrogen-bond donors (Lipinski definition) is 0. The molecule has 3 heterocycles. The van der Waals surface area contributed by atoms with E-state index < -0.39 is 0 Å². The fourth-order valence-electron chi connectivity index (χ4n) is 3.85. The van der Waals surface area contributed by atoms with E-state index in [9.17, 15) is 4.79 Å². The standard InChI is InChI=1S/C18H24N4O2/c1-13-19-16(12-24-13)11-21-7-5-14(6-8-21)10-22-18(23)9-15-3-2-4-17(15)20-22/h9,12,14H,2-8,10-11H2,1H3. The molecule has 2 aromatic rings. The van der Waals surface area contributed by atoms with E-state index in [0.29, 0.717) is 5.92 Å². The third kappa shape index (κ3) is 3.29. The molecule has 6 nitrogen and oxygen atoms in total. The minimum Gasteiger partial charge on any atom is -0.449 e. The van der Waals surface area contributed by atoms with Crippen molar-refractivity contribution in [1.29, 1.82) is 0 Å². The van der Waals surface area contributed by atoms with Crippen LogP contribution < -0.4 is 5.56 Å². The molecule has 128 valence electrons. The third-order valence-corrected chi connectivity index (χ3v) is 5.21. The smallest absolute Gasteiger partial charge is 0.267 e. The maximum absolute atomic E-state index is 12.2. The van der Waals surface area contributed by atoms with Gasteiger partial charge in [0.25, 0.3) is 5.56 Å². The van der Waals surface area contributed by atoms with Crippen LogP contribution in [0.4, 0.5) is 0 Å². The Morgan fingerprint density at radius 2 is 2.12 bits per heavy atom. The number of hydrogen-bond acceptors (Lipinski definition) is 5. The summed E-state index contributed by atoms with van der Waals surface area (Å²) in [4.78, 5) is 19.0. The largest absolute Gasteiger partial charge is 0.449 e. The van der Waals surface area contributed by atoms with Crippen LogP contribution in [-0.4, -0.2) is 32.8 Å². The summed E-state index contributed by atoms with van der Waals surface area (Å²) in [6, 6.07) is 1.80. The lowest BCUT2D eigenvalue weighted by Gasteiger charge is -2.31. The molecule has 24 heavy (non-hydrogen) atoms. The molecular formula is C18H24N4O2. The molecule has 0 atom stereocenters. The number of oxazole rings is 1. The first-order chi connectivity index (χ1) is 11.7. The first-order valence-electron chi connectivity index (χ1n) is 8.90. The van der Waals surface area contributed by atoms with Gasteiger partial charge < -0.3 is 4.42 Å². The van der Waals surface area contributed by atoms with Crippen LogP contribution in [0.3, 0.4) is 0 Å². The van der Waals surface area contributed by atoms with Gasteiger partial charge in [0.15, 0.2) is 5.89 Å². The van der Waals surface area contributed by atoms with Crippen molar-refractivity contribution in [3.63, 3.8) is 0 Å². The number of aryl methyl sites for hydroxylation is 3. The van der Waals surface area contributed by atoms with Crippen LogP contribution in [0.25, 0.3) is 0 Å². The van der Waals surface area contributed by atoms with Gasteiger partial charge in [0.05, 0.1) is 11.4 Å².